The smallest absolute Gasteiger partial charge is 0.161 e. The number of ether oxygens (including phenoxy) is 2. The Bertz CT molecular complexity index is 416. The van der Waals surface area contributed by atoms with Crippen LogP contribution >= 0.6 is 11.6 Å². The summed E-state index contributed by atoms with van der Waals surface area (Å²) in [5.41, 5.74) is 0.736. The lowest BCUT2D eigenvalue weighted by molar-refractivity contribution is -0.118. The number of Topliss-reactive ketones (excluding diaryl/α,β-unsaturated/α-hetero) is 1. The zero-order valence-corrected chi connectivity index (χ0v) is 12.0. The van der Waals surface area contributed by atoms with Crippen LogP contribution < -0.4 is 9.47 Å². The summed E-state index contributed by atoms with van der Waals surface area (Å²) in [5.74, 6) is 1.25. The van der Waals surface area contributed by atoms with Crippen molar-refractivity contribution in [3.05, 3.63) is 23.8 Å². The summed E-state index contributed by atoms with van der Waals surface area (Å²) >= 11 is 6.11. The molecule has 0 aliphatic heterocycles. The van der Waals surface area contributed by atoms with Crippen LogP contribution in [-0.2, 0) is 4.79 Å². The Hall–Kier alpha value is -1.22. The SMILES string of the molecule is CCC(=O)C(Cl)c1ccc(OC)c(OC(C)C)c1. The van der Waals surface area contributed by atoms with Crippen molar-refractivity contribution < 1.29 is 14.3 Å². The monoisotopic (exact) mass is 270 g/mol. The van der Waals surface area contributed by atoms with E-state index in [1.807, 2.05) is 13.8 Å². The van der Waals surface area contributed by atoms with E-state index in [1.54, 1.807) is 32.2 Å². The van der Waals surface area contributed by atoms with Gasteiger partial charge < -0.3 is 9.47 Å². The summed E-state index contributed by atoms with van der Waals surface area (Å²) in [6, 6.07) is 5.33. The second-order valence-electron chi connectivity index (χ2n) is 4.26. The van der Waals surface area contributed by atoms with Gasteiger partial charge in [0.05, 0.1) is 13.2 Å². The highest BCUT2D eigenvalue weighted by atomic mass is 35.5. The number of carbonyl (C=O) groups excluding carboxylic acids is 1. The molecule has 1 aromatic rings. The van der Waals surface area contributed by atoms with Gasteiger partial charge in [0.2, 0.25) is 0 Å². The third-order valence-electron chi connectivity index (χ3n) is 2.47. The van der Waals surface area contributed by atoms with Gasteiger partial charge >= 0.3 is 0 Å². The largest absolute Gasteiger partial charge is 0.493 e. The molecule has 4 heteroatoms. The fourth-order valence-electron chi connectivity index (χ4n) is 1.56. The van der Waals surface area contributed by atoms with E-state index in [1.165, 1.54) is 0 Å². The molecule has 100 valence electrons. The maximum Gasteiger partial charge on any atom is 0.161 e. The van der Waals surface area contributed by atoms with Gasteiger partial charge in [-0.1, -0.05) is 13.0 Å². The molecule has 0 radical (unpaired) electrons. The van der Waals surface area contributed by atoms with Crippen molar-refractivity contribution in [3.8, 4) is 11.5 Å². The van der Waals surface area contributed by atoms with E-state index in [0.29, 0.717) is 17.9 Å². The van der Waals surface area contributed by atoms with Gasteiger partial charge in [0.25, 0.3) is 0 Å². The van der Waals surface area contributed by atoms with E-state index < -0.39 is 5.38 Å². The van der Waals surface area contributed by atoms with Crippen LogP contribution in [0.5, 0.6) is 11.5 Å². The second-order valence-corrected chi connectivity index (χ2v) is 4.70. The molecule has 0 heterocycles. The Morgan fingerprint density at radius 1 is 1.33 bits per heavy atom. The lowest BCUT2D eigenvalue weighted by atomic mass is 10.1. The van der Waals surface area contributed by atoms with Gasteiger partial charge in [0, 0.05) is 6.42 Å². The molecule has 0 fully saturated rings. The molecule has 1 unspecified atom stereocenters. The first-order valence-electron chi connectivity index (χ1n) is 6.01. The molecular weight excluding hydrogens is 252 g/mol. The van der Waals surface area contributed by atoms with Gasteiger partial charge in [-0.2, -0.15) is 0 Å². The minimum absolute atomic E-state index is 0.00247. The van der Waals surface area contributed by atoms with Crippen molar-refractivity contribution in [2.24, 2.45) is 0 Å². The maximum atomic E-state index is 11.6. The molecule has 0 aromatic heterocycles. The normalized spacial score (nSPS) is 12.3. The van der Waals surface area contributed by atoms with Gasteiger partial charge in [-0.3, -0.25) is 4.79 Å². The molecule has 1 aromatic carbocycles. The number of hydrogen-bond donors (Lipinski definition) is 0. The van der Waals surface area contributed by atoms with Crippen LogP contribution in [0, 0.1) is 0 Å². The third-order valence-corrected chi connectivity index (χ3v) is 2.97. The highest BCUT2D eigenvalue weighted by Gasteiger charge is 2.18. The summed E-state index contributed by atoms with van der Waals surface area (Å²) in [6.45, 7) is 5.66. The van der Waals surface area contributed by atoms with Crippen LogP contribution in [0.4, 0.5) is 0 Å². The molecule has 0 amide bonds. The molecule has 0 bridgehead atoms. The zero-order chi connectivity index (χ0) is 13.7. The van der Waals surface area contributed by atoms with E-state index in [0.717, 1.165) is 5.56 Å². The zero-order valence-electron chi connectivity index (χ0n) is 11.2. The van der Waals surface area contributed by atoms with Gasteiger partial charge in [-0.05, 0) is 31.5 Å². The first kappa shape index (κ1) is 14.8. The number of benzene rings is 1. The third kappa shape index (κ3) is 3.64. The highest BCUT2D eigenvalue weighted by Crippen LogP contribution is 2.33. The molecule has 0 saturated carbocycles. The van der Waals surface area contributed by atoms with Crippen LogP contribution in [-0.4, -0.2) is 19.0 Å². The molecule has 0 aliphatic carbocycles. The molecule has 18 heavy (non-hydrogen) atoms. The van der Waals surface area contributed by atoms with E-state index in [4.69, 9.17) is 21.1 Å². The summed E-state index contributed by atoms with van der Waals surface area (Å²) in [7, 11) is 1.58. The van der Waals surface area contributed by atoms with Crippen LogP contribution in [0.15, 0.2) is 18.2 Å². The number of methoxy groups -OCH3 is 1. The number of halogens is 1. The minimum atomic E-state index is -0.629. The number of alkyl halides is 1. The average molecular weight is 271 g/mol. The summed E-state index contributed by atoms with van der Waals surface area (Å²) in [6.07, 6.45) is 0.449. The van der Waals surface area contributed by atoms with Crippen LogP contribution in [0.3, 0.4) is 0 Å². The second kappa shape index (κ2) is 6.64. The molecule has 1 rings (SSSR count). The van der Waals surface area contributed by atoms with Crippen molar-refractivity contribution in [2.75, 3.05) is 7.11 Å². The van der Waals surface area contributed by atoms with Gasteiger partial charge in [-0.25, -0.2) is 0 Å². The van der Waals surface area contributed by atoms with Gasteiger partial charge in [-0.15, -0.1) is 11.6 Å². The lowest BCUT2D eigenvalue weighted by Crippen LogP contribution is -2.09. The first-order valence-corrected chi connectivity index (χ1v) is 6.44. The number of rotatable bonds is 6. The van der Waals surface area contributed by atoms with Crippen LogP contribution in [0.1, 0.15) is 38.1 Å². The van der Waals surface area contributed by atoms with Gasteiger partial charge in [0.15, 0.2) is 17.3 Å². The topological polar surface area (TPSA) is 35.5 Å². The van der Waals surface area contributed by atoms with Gasteiger partial charge in [0.1, 0.15) is 5.38 Å². The highest BCUT2D eigenvalue weighted by molar-refractivity contribution is 6.31. The predicted octanol–water partition coefficient (Wildman–Crippen LogP) is 3.74. The van der Waals surface area contributed by atoms with Crippen molar-refractivity contribution in [3.63, 3.8) is 0 Å². The standard InChI is InChI=1S/C14H19ClO3/c1-5-11(16)14(15)10-6-7-12(17-4)13(8-10)18-9(2)3/h6-9,14H,5H2,1-4H3. The molecule has 0 N–H and O–H groups in total. The van der Waals surface area contributed by atoms with Crippen LogP contribution in [0.25, 0.3) is 0 Å². The van der Waals surface area contributed by atoms with E-state index in [9.17, 15) is 4.79 Å². The van der Waals surface area contributed by atoms with Crippen molar-refractivity contribution in [2.45, 2.75) is 38.7 Å². The van der Waals surface area contributed by atoms with Crippen molar-refractivity contribution in [1.29, 1.82) is 0 Å². The quantitative estimate of drug-likeness (QED) is 0.739. The minimum Gasteiger partial charge on any atom is -0.493 e. The Labute approximate surface area is 113 Å². The number of ketones is 1. The molecule has 0 aliphatic rings. The summed E-state index contributed by atoms with van der Waals surface area (Å²) < 4.78 is 10.9. The Morgan fingerprint density at radius 2 is 2.00 bits per heavy atom. The maximum absolute atomic E-state index is 11.6. The average Bonchev–Trinajstić information content (AvgIpc) is 2.36. The van der Waals surface area contributed by atoms with Crippen molar-refractivity contribution >= 4 is 17.4 Å². The Balaban J connectivity index is 3.05. The lowest BCUT2D eigenvalue weighted by Gasteiger charge is -2.16. The van der Waals surface area contributed by atoms with Crippen molar-refractivity contribution in [1.82, 2.24) is 0 Å². The predicted molar refractivity (Wildman–Crippen MR) is 72.7 cm³/mol. The Kier molecular flexibility index (Phi) is 5.48. The fraction of sp³-hybridized carbons (Fsp3) is 0.500. The van der Waals surface area contributed by atoms with E-state index >= 15 is 0 Å². The van der Waals surface area contributed by atoms with Crippen LogP contribution in [0.2, 0.25) is 0 Å². The van der Waals surface area contributed by atoms with E-state index in [2.05, 4.69) is 0 Å². The molecule has 3 nitrogen and oxygen atoms in total. The fourth-order valence-corrected chi connectivity index (χ4v) is 1.85. The first-order chi connectivity index (χ1) is 8.49. The number of hydrogen-bond acceptors (Lipinski definition) is 3. The summed E-state index contributed by atoms with van der Waals surface area (Å²) in [4.78, 5) is 11.6. The van der Waals surface area contributed by atoms with E-state index in [-0.39, 0.29) is 11.9 Å². The Morgan fingerprint density at radius 3 is 2.50 bits per heavy atom. The molecule has 1 atom stereocenters. The molecular formula is C14H19ClO3. The molecule has 0 spiro atoms. The molecule has 0 saturated heterocycles. The number of carbonyl (C=O) groups is 1. The summed E-state index contributed by atoms with van der Waals surface area (Å²) in [5, 5.41) is -0.629.